The van der Waals surface area contributed by atoms with Crippen molar-refractivity contribution in [2.45, 2.75) is 30.6 Å². The number of aliphatic hydroxyl groups is 4. The fraction of sp³-hybridized carbons (Fsp3) is 1.00. The van der Waals surface area contributed by atoms with Crippen molar-refractivity contribution in [1.82, 2.24) is 4.84 Å². The minimum atomic E-state index is -1.35. The van der Waals surface area contributed by atoms with Crippen LogP contribution in [0, 0.1) is 0 Å². The van der Waals surface area contributed by atoms with Gasteiger partial charge in [0.2, 0.25) is 0 Å². The molecule has 1 heterocycles. The third kappa shape index (κ3) is 2.10. The normalized spacial score (nSPS) is 46.4. The van der Waals surface area contributed by atoms with E-state index in [1.54, 1.807) is 0 Å². The predicted octanol–water partition coefficient (Wildman–Crippen LogP) is -2.47. The fourth-order valence-electron chi connectivity index (χ4n) is 1.21. The van der Waals surface area contributed by atoms with Gasteiger partial charge in [-0.15, -0.1) is 0 Å². The minimum Gasteiger partial charge on any atom is -0.394 e. The summed E-state index contributed by atoms with van der Waals surface area (Å²) in [5.74, 6) is 0. The van der Waals surface area contributed by atoms with Crippen LogP contribution in [0.15, 0.2) is 0 Å². The van der Waals surface area contributed by atoms with Crippen molar-refractivity contribution < 1.29 is 25.2 Å². The van der Waals surface area contributed by atoms with Gasteiger partial charge < -0.3 is 25.2 Å². The molecular formula is C6H12ClNO5. The molecule has 0 aromatic heterocycles. The molecule has 3 unspecified atom stereocenters. The van der Waals surface area contributed by atoms with Crippen LogP contribution in [0.3, 0.4) is 0 Å². The maximum Gasteiger partial charge on any atom is 0.174 e. The van der Waals surface area contributed by atoms with Crippen LogP contribution < -0.4 is 4.84 Å². The molecule has 0 amide bonds. The van der Waals surface area contributed by atoms with Crippen molar-refractivity contribution in [3.05, 3.63) is 0 Å². The van der Waals surface area contributed by atoms with Crippen molar-refractivity contribution in [3.63, 3.8) is 0 Å². The topological polar surface area (TPSA) is 102 Å². The molecule has 1 rings (SSSR count). The monoisotopic (exact) mass is 213 g/mol. The highest BCUT2D eigenvalue weighted by Gasteiger charge is 2.43. The number of ether oxygens (including phenoxy) is 1. The Labute approximate surface area is 79.8 Å². The largest absolute Gasteiger partial charge is 0.394 e. The minimum absolute atomic E-state index is 0.482. The fourth-order valence-corrected chi connectivity index (χ4v) is 1.45. The molecule has 1 saturated heterocycles. The van der Waals surface area contributed by atoms with E-state index >= 15 is 0 Å². The van der Waals surface area contributed by atoms with Crippen LogP contribution in [-0.4, -0.2) is 57.7 Å². The number of hydrogen-bond donors (Lipinski definition) is 5. The van der Waals surface area contributed by atoms with Gasteiger partial charge in [0.25, 0.3) is 0 Å². The molecule has 0 aromatic carbocycles. The molecule has 5 N–H and O–H groups in total. The molecule has 0 aliphatic carbocycles. The smallest absolute Gasteiger partial charge is 0.174 e. The lowest BCUT2D eigenvalue weighted by Gasteiger charge is -2.39. The molecule has 0 bridgehead atoms. The van der Waals surface area contributed by atoms with E-state index < -0.39 is 37.3 Å². The van der Waals surface area contributed by atoms with E-state index in [0.717, 1.165) is 0 Å². The Bertz CT molecular complexity index is 171. The summed E-state index contributed by atoms with van der Waals surface area (Å²) in [5.41, 5.74) is 0. The Hall–Kier alpha value is 0.0500. The van der Waals surface area contributed by atoms with Gasteiger partial charge >= 0.3 is 0 Å². The first-order valence-electron chi connectivity index (χ1n) is 3.78. The highest BCUT2D eigenvalue weighted by Crippen LogP contribution is 2.19. The lowest BCUT2D eigenvalue weighted by molar-refractivity contribution is -0.251. The van der Waals surface area contributed by atoms with Gasteiger partial charge in [-0.1, -0.05) is 0 Å². The number of hydrogen-bond acceptors (Lipinski definition) is 6. The van der Waals surface area contributed by atoms with Gasteiger partial charge in [0, 0.05) is 0 Å². The first-order valence-corrected chi connectivity index (χ1v) is 4.16. The second-order valence-electron chi connectivity index (χ2n) is 2.86. The van der Waals surface area contributed by atoms with Gasteiger partial charge in [-0.3, -0.25) is 0 Å². The molecule has 0 aromatic rings. The molecule has 6 nitrogen and oxygen atoms in total. The summed E-state index contributed by atoms with van der Waals surface area (Å²) in [6.07, 6.45) is -4.90. The van der Waals surface area contributed by atoms with Crippen LogP contribution in [0.4, 0.5) is 0 Å². The highest BCUT2D eigenvalue weighted by molar-refractivity contribution is 6.13. The molecule has 0 saturated carbocycles. The van der Waals surface area contributed by atoms with E-state index in [-0.39, 0.29) is 0 Å². The van der Waals surface area contributed by atoms with Crippen molar-refractivity contribution in [2.75, 3.05) is 6.61 Å². The summed E-state index contributed by atoms with van der Waals surface area (Å²) in [4.78, 5) is 2.08. The molecule has 1 aliphatic rings. The maximum atomic E-state index is 9.36. The number of halogens is 1. The zero-order valence-electron chi connectivity index (χ0n) is 6.67. The van der Waals surface area contributed by atoms with E-state index in [2.05, 4.69) is 4.84 Å². The lowest BCUT2D eigenvalue weighted by atomic mass is 9.98. The van der Waals surface area contributed by atoms with E-state index in [1.165, 1.54) is 0 Å². The van der Waals surface area contributed by atoms with E-state index in [0.29, 0.717) is 0 Å². The molecule has 1 aliphatic heterocycles. The Morgan fingerprint density at radius 2 is 1.85 bits per heavy atom. The second-order valence-corrected chi connectivity index (χ2v) is 3.08. The maximum absolute atomic E-state index is 9.36. The van der Waals surface area contributed by atoms with E-state index in [9.17, 15) is 15.3 Å². The van der Waals surface area contributed by atoms with Crippen molar-refractivity contribution in [2.24, 2.45) is 0 Å². The predicted molar refractivity (Wildman–Crippen MR) is 42.8 cm³/mol. The third-order valence-corrected chi connectivity index (χ3v) is 2.28. The van der Waals surface area contributed by atoms with E-state index in [4.69, 9.17) is 21.6 Å². The molecule has 78 valence electrons. The molecule has 1 fully saturated rings. The Morgan fingerprint density at radius 3 is 2.31 bits per heavy atom. The van der Waals surface area contributed by atoms with Crippen LogP contribution in [0.2, 0.25) is 0 Å². The van der Waals surface area contributed by atoms with Crippen LogP contribution >= 0.6 is 11.8 Å². The molecule has 5 atom stereocenters. The molecule has 0 radical (unpaired) electrons. The van der Waals surface area contributed by atoms with Crippen molar-refractivity contribution in [3.8, 4) is 0 Å². The number of nitrogens with one attached hydrogen (secondary N) is 1. The third-order valence-electron chi connectivity index (χ3n) is 2.03. The molecular weight excluding hydrogens is 202 g/mol. The summed E-state index contributed by atoms with van der Waals surface area (Å²) >= 11 is 5.20. The van der Waals surface area contributed by atoms with Crippen LogP contribution in [0.5, 0.6) is 0 Å². The SMILES string of the molecule is OCC1OC(O)[C@H](NCl)C(O)[C@@H]1O. The zero-order valence-corrected chi connectivity index (χ0v) is 7.42. The average Bonchev–Trinajstić information content (AvgIpc) is 2.12. The van der Waals surface area contributed by atoms with Crippen LogP contribution in [-0.2, 0) is 4.74 Å². The summed E-state index contributed by atoms with van der Waals surface area (Å²) in [7, 11) is 0. The lowest BCUT2D eigenvalue weighted by Crippen LogP contribution is -2.61. The van der Waals surface area contributed by atoms with E-state index in [1.807, 2.05) is 0 Å². The first kappa shape index (κ1) is 11.1. The Kier molecular flexibility index (Phi) is 3.87. The summed E-state index contributed by atoms with van der Waals surface area (Å²) in [6.45, 7) is -0.482. The average molecular weight is 214 g/mol. The van der Waals surface area contributed by atoms with Crippen molar-refractivity contribution >= 4 is 11.8 Å². The molecule has 7 heteroatoms. The van der Waals surface area contributed by atoms with Gasteiger partial charge in [0.05, 0.1) is 6.61 Å². The first-order chi connectivity index (χ1) is 6.11. The zero-order chi connectivity index (χ0) is 10.0. The van der Waals surface area contributed by atoms with Crippen molar-refractivity contribution in [1.29, 1.82) is 0 Å². The molecule has 0 spiro atoms. The van der Waals surface area contributed by atoms with Gasteiger partial charge in [-0.05, 0) is 11.8 Å². The number of rotatable bonds is 2. The van der Waals surface area contributed by atoms with Gasteiger partial charge in [0.15, 0.2) is 6.29 Å². The summed E-state index contributed by atoms with van der Waals surface area (Å²) < 4.78 is 4.77. The quantitative estimate of drug-likeness (QED) is 0.326. The summed E-state index contributed by atoms with van der Waals surface area (Å²) in [5, 5.41) is 36.6. The standard InChI is InChI=1S/C6H12ClNO5/c7-8-3-5(11)4(10)2(1-9)13-6(3)12/h2-6,8-12H,1H2/t2?,3-,4-,5?,6?/m1/s1. The van der Waals surface area contributed by atoms with Gasteiger partial charge in [-0.2, -0.15) is 0 Å². The van der Waals surface area contributed by atoms with Crippen LogP contribution in [0.1, 0.15) is 0 Å². The second kappa shape index (κ2) is 4.52. The Balaban J connectivity index is 2.66. The number of aliphatic hydroxyl groups excluding tert-OH is 4. The summed E-state index contributed by atoms with van der Waals surface area (Å²) in [6, 6.07) is -0.973. The van der Waals surface area contributed by atoms with Crippen LogP contribution in [0.25, 0.3) is 0 Å². The van der Waals surface area contributed by atoms with Gasteiger partial charge in [0.1, 0.15) is 24.4 Å². The highest BCUT2D eigenvalue weighted by atomic mass is 35.5. The Morgan fingerprint density at radius 1 is 1.23 bits per heavy atom. The molecule has 13 heavy (non-hydrogen) atoms. The van der Waals surface area contributed by atoms with Gasteiger partial charge in [-0.25, -0.2) is 4.84 Å².